The summed E-state index contributed by atoms with van der Waals surface area (Å²) >= 11 is 5.44. The van der Waals surface area contributed by atoms with Gasteiger partial charge in [-0.2, -0.15) is 5.10 Å². The molecule has 2 heterocycles. The van der Waals surface area contributed by atoms with Gasteiger partial charge >= 0.3 is 0 Å². The van der Waals surface area contributed by atoms with Gasteiger partial charge in [0.25, 0.3) is 0 Å². The molecule has 0 saturated heterocycles. The van der Waals surface area contributed by atoms with Crippen LogP contribution in [0.4, 0.5) is 0 Å². The Morgan fingerprint density at radius 1 is 1.47 bits per heavy atom. The Morgan fingerprint density at radius 3 is 2.76 bits per heavy atom. The lowest BCUT2D eigenvalue weighted by Gasteiger charge is -2.10. The highest BCUT2D eigenvalue weighted by Gasteiger charge is 2.38. The van der Waals surface area contributed by atoms with Crippen molar-refractivity contribution in [1.82, 2.24) is 19.3 Å². The zero-order valence-corrected chi connectivity index (χ0v) is 11.4. The fraction of sp³-hybridized carbons (Fsp3) is 0.667. The van der Waals surface area contributed by atoms with E-state index >= 15 is 0 Å². The van der Waals surface area contributed by atoms with Crippen molar-refractivity contribution in [1.29, 1.82) is 0 Å². The molecule has 1 N–H and O–H groups in total. The summed E-state index contributed by atoms with van der Waals surface area (Å²) in [6, 6.07) is 0. The molecule has 2 aromatic rings. The number of imidazole rings is 1. The Bertz CT molecular complexity index is 627. The molecule has 0 aromatic carbocycles. The fourth-order valence-electron chi connectivity index (χ4n) is 2.42. The third kappa shape index (κ3) is 1.64. The minimum absolute atomic E-state index is 0.448. The number of aryl methyl sites for hydroxylation is 2. The normalized spacial score (nSPS) is 17.8. The van der Waals surface area contributed by atoms with Crippen molar-refractivity contribution >= 4 is 23.4 Å². The van der Waals surface area contributed by atoms with Gasteiger partial charge in [-0.1, -0.05) is 13.8 Å². The van der Waals surface area contributed by atoms with Gasteiger partial charge in [0.1, 0.15) is 5.52 Å². The topological polar surface area (TPSA) is 38.5 Å². The molecule has 0 bridgehead atoms. The molecule has 1 aliphatic rings. The summed E-state index contributed by atoms with van der Waals surface area (Å²) in [6.45, 7) is 5.46. The molecule has 5 heteroatoms. The van der Waals surface area contributed by atoms with Crippen LogP contribution >= 0.6 is 12.2 Å². The first-order chi connectivity index (χ1) is 8.04. The minimum atomic E-state index is 0.448. The summed E-state index contributed by atoms with van der Waals surface area (Å²) in [5.74, 6) is 0. The first-order valence-electron chi connectivity index (χ1n) is 6.18. The molecule has 0 spiro atoms. The van der Waals surface area contributed by atoms with Gasteiger partial charge in [-0.05, 0) is 36.9 Å². The maximum atomic E-state index is 5.44. The van der Waals surface area contributed by atoms with Crippen LogP contribution in [0.2, 0.25) is 0 Å². The van der Waals surface area contributed by atoms with Crippen LogP contribution in [0.3, 0.4) is 0 Å². The van der Waals surface area contributed by atoms with Gasteiger partial charge < -0.3 is 9.55 Å². The summed E-state index contributed by atoms with van der Waals surface area (Å²) < 4.78 is 4.99. The number of fused-ring (bicyclic) bond motifs is 1. The molecule has 0 atom stereocenters. The van der Waals surface area contributed by atoms with Gasteiger partial charge in [0, 0.05) is 13.6 Å². The van der Waals surface area contributed by atoms with Crippen molar-refractivity contribution in [3.05, 3.63) is 10.5 Å². The van der Waals surface area contributed by atoms with Crippen LogP contribution in [0.5, 0.6) is 0 Å². The number of nitrogens with one attached hydrogen (secondary N) is 1. The van der Waals surface area contributed by atoms with Crippen LogP contribution in [0.1, 0.15) is 32.4 Å². The van der Waals surface area contributed by atoms with E-state index in [1.165, 1.54) is 12.8 Å². The van der Waals surface area contributed by atoms with Crippen LogP contribution in [0.15, 0.2) is 0 Å². The molecule has 1 aliphatic carbocycles. The third-order valence-corrected chi connectivity index (χ3v) is 4.12. The largest absolute Gasteiger partial charge is 0.328 e. The average Bonchev–Trinajstić information content (AvgIpc) is 2.80. The van der Waals surface area contributed by atoms with E-state index in [-0.39, 0.29) is 0 Å². The lowest BCUT2D eigenvalue weighted by molar-refractivity contribution is 0.463. The van der Waals surface area contributed by atoms with Crippen molar-refractivity contribution in [2.75, 3.05) is 0 Å². The highest BCUT2D eigenvalue weighted by Crippen LogP contribution is 2.46. The molecule has 0 unspecified atom stereocenters. The molecule has 92 valence electrons. The smallest absolute Gasteiger partial charge is 0.179 e. The second-order valence-electron chi connectivity index (χ2n) is 5.45. The zero-order valence-electron chi connectivity index (χ0n) is 10.6. The van der Waals surface area contributed by atoms with Gasteiger partial charge in [-0.15, -0.1) is 0 Å². The summed E-state index contributed by atoms with van der Waals surface area (Å²) in [7, 11) is 2.00. The van der Waals surface area contributed by atoms with E-state index in [9.17, 15) is 0 Å². The van der Waals surface area contributed by atoms with E-state index in [0.717, 1.165) is 34.6 Å². The van der Waals surface area contributed by atoms with E-state index in [1.54, 1.807) is 0 Å². The number of H-pyrrole nitrogens is 1. The predicted octanol–water partition coefficient (Wildman–Crippen LogP) is 2.79. The summed E-state index contributed by atoms with van der Waals surface area (Å²) in [4.78, 5) is 3.31. The van der Waals surface area contributed by atoms with Crippen molar-refractivity contribution in [2.24, 2.45) is 12.5 Å². The number of nitrogens with zero attached hydrogens (tertiary/aromatic N) is 3. The molecular formula is C12H18N4S. The van der Waals surface area contributed by atoms with Crippen LogP contribution in [-0.2, 0) is 20.0 Å². The SMILES string of the molecule is CCc1nn(C)c2c1[nH]c(=S)n2CC1(C)CC1. The summed E-state index contributed by atoms with van der Waals surface area (Å²) in [6.07, 6.45) is 3.55. The van der Waals surface area contributed by atoms with Gasteiger partial charge in [-0.25, -0.2) is 0 Å². The van der Waals surface area contributed by atoms with E-state index in [2.05, 4.69) is 28.5 Å². The van der Waals surface area contributed by atoms with E-state index in [4.69, 9.17) is 12.2 Å². The number of hydrogen-bond donors (Lipinski definition) is 1. The Kier molecular flexibility index (Phi) is 2.23. The van der Waals surface area contributed by atoms with Crippen molar-refractivity contribution in [2.45, 2.75) is 39.7 Å². The van der Waals surface area contributed by atoms with Gasteiger partial charge in [0.2, 0.25) is 0 Å². The first kappa shape index (κ1) is 11.0. The molecule has 0 radical (unpaired) electrons. The molecule has 0 aliphatic heterocycles. The quantitative estimate of drug-likeness (QED) is 0.851. The Labute approximate surface area is 106 Å². The number of rotatable bonds is 3. The van der Waals surface area contributed by atoms with Crippen molar-refractivity contribution in [3.8, 4) is 0 Å². The number of aromatic amines is 1. The minimum Gasteiger partial charge on any atom is -0.328 e. The second-order valence-corrected chi connectivity index (χ2v) is 5.84. The van der Waals surface area contributed by atoms with Crippen LogP contribution in [-0.4, -0.2) is 19.3 Å². The first-order valence-corrected chi connectivity index (χ1v) is 6.59. The summed E-state index contributed by atoms with van der Waals surface area (Å²) in [5.41, 5.74) is 3.81. The third-order valence-electron chi connectivity index (χ3n) is 3.80. The number of aromatic nitrogens is 4. The van der Waals surface area contributed by atoms with E-state index in [1.807, 2.05) is 11.7 Å². The van der Waals surface area contributed by atoms with Crippen molar-refractivity contribution < 1.29 is 0 Å². The number of hydrogen-bond acceptors (Lipinski definition) is 2. The maximum absolute atomic E-state index is 5.44. The van der Waals surface area contributed by atoms with Crippen LogP contribution < -0.4 is 0 Å². The molecular weight excluding hydrogens is 232 g/mol. The standard InChI is InChI=1S/C12H18N4S/c1-4-8-9-10(15(3)14-8)16(11(17)13-9)7-12(2)5-6-12/h4-7H2,1-3H3,(H,13,17). The lowest BCUT2D eigenvalue weighted by atomic mass is 10.1. The Morgan fingerprint density at radius 2 is 2.18 bits per heavy atom. The van der Waals surface area contributed by atoms with Crippen molar-refractivity contribution in [3.63, 3.8) is 0 Å². The average molecular weight is 250 g/mol. The van der Waals surface area contributed by atoms with Gasteiger partial charge in [0.15, 0.2) is 10.4 Å². The van der Waals surface area contributed by atoms with Crippen LogP contribution in [0, 0.1) is 10.2 Å². The molecule has 4 nitrogen and oxygen atoms in total. The van der Waals surface area contributed by atoms with Gasteiger partial charge in [-0.3, -0.25) is 4.68 Å². The second kappa shape index (κ2) is 3.45. The van der Waals surface area contributed by atoms with E-state index in [0.29, 0.717) is 5.41 Å². The summed E-state index contributed by atoms with van der Waals surface area (Å²) in [5, 5.41) is 4.54. The molecule has 17 heavy (non-hydrogen) atoms. The van der Waals surface area contributed by atoms with E-state index < -0.39 is 0 Å². The molecule has 1 saturated carbocycles. The predicted molar refractivity (Wildman–Crippen MR) is 70.6 cm³/mol. The van der Waals surface area contributed by atoms with Crippen LogP contribution in [0.25, 0.3) is 11.2 Å². The Balaban J connectivity index is 2.19. The lowest BCUT2D eigenvalue weighted by Crippen LogP contribution is -2.10. The molecule has 1 fully saturated rings. The van der Waals surface area contributed by atoms with Gasteiger partial charge in [0.05, 0.1) is 5.69 Å². The fourth-order valence-corrected chi connectivity index (χ4v) is 2.68. The highest BCUT2D eigenvalue weighted by molar-refractivity contribution is 7.71. The highest BCUT2D eigenvalue weighted by atomic mass is 32.1. The zero-order chi connectivity index (χ0) is 12.2. The maximum Gasteiger partial charge on any atom is 0.179 e. The monoisotopic (exact) mass is 250 g/mol. The Hall–Kier alpha value is -1.10. The molecule has 2 aromatic heterocycles. The molecule has 3 rings (SSSR count). The molecule has 0 amide bonds.